The number of aromatic nitrogens is 2. The third-order valence-corrected chi connectivity index (χ3v) is 3.37. The average Bonchev–Trinajstić information content (AvgIpc) is 2.42. The van der Waals surface area contributed by atoms with E-state index < -0.39 is 0 Å². The third kappa shape index (κ3) is 2.44. The second-order valence-corrected chi connectivity index (χ2v) is 5.16. The van der Waals surface area contributed by atoms with E-state index in [1.807, 2.05) is 49.4 Å². The zero-order chi connectivity index (χ0) is 13.2. The van der Waals surface area contributed by atoms with Gasteiger partial charge < -0.3 is 4.74 Å². The average molecular weight is 315 g/mol. The topological polar surface area (TPSA) is 35.0 Å². The fourth-order valence-corrected chi connectivity index (χ4v) is 2.38. The Bertz CT molecular complexity index is 738. The molecule has 3 rings (SSSR count). The molecule has 0 aliphatic heterocycles. The van der Waals surface area contributed by atoms with Crippen LogP contribution in [0, 0.1) is 6.92 Å². The Morgan fingerprint density at radius 3 is 2.79 bits per heavy atom. The summed E-state index contributed by atoms with van der Waals surface area (Å²) in [6, 6.07) is 13.8. The van der Waals surface area contributed by atoms with Crippen LogP contribution in [0.15, 0.2) is 53.1 Å². The predicted molar refractivity (Wildman–Crippen MR) is 78.5 cm³/mol. The van der Waals surface area contributed by atoms with Crippen molar-refractivity contribution in [3.05, 3.63) is 58.7 Å². The van der Waals surface area contributed by atoms with Crippen LogP contribution in [0.1, 0.15) is 5.56 Å². The summed E-state index contributed by atoms with van der Waals surface area (Å²) in [5.41, 5.74) is 1.05. The number of ether oxygens (including phenoxy) is 1. The van der Waals surface area contributed by atoms with Gasteiger partial charge >= 0.3 is 0 Å². The summed E-state index contributed by atoms with van der Waals surface area (Å²) in [5.74, 6) is 1.32. The maximum absolute atomic E-state index is 5.88. The smallest absolute Gasteiger partial charge is 0.246 e. The van der Waals surface area contributed by atoms with Crippen LogP contribution >= 0.6 is 15.9 Å². The van der Waals surface area contributed by atoms with Gasteiger partial charge in [-0.25, -0.2) is 0 Å². The molecule has 3 nitrogen and oxygen atoms in total. The van der Waals surface area contributed by atoms with Gasteiger partial charge in [-0.15, -0.1) is 5.10 Å². The zero-order valence-corrected chi connectivity index (χ0v) is 11.9. The van der Waals surface area contributed by atoms with Crippen LogP contribution in [0.25, 0.3) is 10.8 Å². The Kier molecular flexibility index (Phi) is 3.17. The van der Waals surface area contributed by atoms with E-state index in [1.54, 1.807) is 6.20 Å². The molecule has 0 spiro atoms. The van der Waals surface area contributed by atoms with Gasteiger partial charge in [0.1, 0.15) is 5.75 Å². The molecule has 94 valence electrons. The van der Waals surface area contributed by atoms with Gasteiger partial charge in [-0.05, 0) is 36.8 Å². The second-order valence-electron chi connectivity index (χ2n) is 4.25. The minimum Gasteiger partial charge on any atom is -0.437 e. The molecule has 2 aromatic carbocycles. The van der Waals surface area contributed by atoms with Gasteiger partial charge in [0.15, 0.2) is 0 Å². The number of hydrogen-bond donors (Lipinski definition) is 0. The van der Waals surface area contributed by atoms with Crippen molar-refractivity contribution in [1.29, 1.82) is 0 Å². The predicted octanol–water partition coefficient (Wildman–Crippen LogP) is 4.49. The Labute approximate surface area is 119 Å². The Balaban J connectivity index is 2.06. The summed E-state index contributed by atoms with van der Waals surface area (Å²) in [5, 5.41) is 10.0. The van der Waals surface area contributed by atoms with Crippen LogP contribution < -0.4 is 4.74 Å². The molecule has 0 N–H and O–H groups in total. The van der Waals surface area contributed by atoms with Crippen molar-refractivity contribution in [2.24, 2.45) is 0 Å². The van der Waals surface area contributed by atoms with Crippen LogP contribution in [-0.4, -0.2) is 10.2 Å². The molecule has 1 aromatic heterocycles. The minimum atomic E-state index is 0.531. The number of hydrogen-bond acceptors (Lipinski definition) is 3. The first-order valence-corrected chi connectivity index (χ1v) is 6.68. The molecule has 0 amide bonds. The van der Waals surface area contributed by atoms with Gasteiger partial charge in [0, 0.05) is 15.2 Å². The molecule has 0 saturated carbocycles. The lowest BCUT2D eigenvalue weighted by atomic mass is 10.2. The van der Waals surface area contributed by atoms with E-state index in [4.69, 9.17) is 4.74 Å². The molecule has 0 aliphatic rings. The van der Waals surface area contributed by atoms with E-state index in [0.29, 0.717) is 5.88 Å². The molecule has 0 fully saturated rings. The molecule has 0 bridgehead atoms. The van der Waals surface area contributed by atoms with Crippen molar-refractivity contribution in [3.63, 3.8) is 0 Å². The molecule has 4 heteroatoms. The van der Waals surface area contributed by atoms with E-state index in [1.165, 1.54) is 0 Å². The van der Waals surface area contributed by atoms with Crippen molar-refractivity contribution in [2.75, 3.05) is 0 Å². The summed E-state index contributed by atoms with van der Waals surface area (Å²) >= 11 is 3.44. The zero-order valence-electron chi connectivity index (χ0n) is 10.3. The van der Waals surface area contributed by atoms with Gasteiger partial charge in [-0.2, -0.15) is 5.10 Å². The molecular formula is C15H11BrN2O. The maximum Gasteiger partial charge on any atom is 0.246 e. The van der Waals surface area contributed by atoms with Crippen molar-refractivity contribution >= 4 is 26.7 Å². The van der Waals surface area contributed by atoms with E-state index in [9.17, 15) is 0 Å². The Morgan fingerprint density at radius 2 is 1.95 bits per heavy atom. The first-order chi connectivity index (χ1) is 9.24. The van der Waals surface area contributed by atoms with E-state index in [0.717, 1.165) is 26.6 Å². The first kappa shape index (κ1) is 12.1. The molecule has 19 heavy (non-hydrogen) atoms. The van der Waals surface area contributed by atoms with Gasteiger partial charge in [-0.1, -0.05) is 34.1 Å². The molecule has 0 saturated heterocycles. The maximum atomic E-state index is 5.88. The van der Waals surface area contributed by atoms with Crippen LogP contribution in [0.3, 0.4) is 0 Å². The number of rotatable bonds is 2. The van der Waals surface area contributed by atoms with E-state index >= 15 is 0 Å². The van der Waals surface area contributed by atoms with Gasteiger partial charge in [-0.3, -0.25) is 0 Å². The van der Waals surface area contributed by atoms with Crippen LogP contribution in [0.5, 0.6) is 11.6 Å². The summed E-state index contributed by atoms with van der Waals surface area (Å²) < 4.78 is 6.91. The highest BCUT2D eigenvalue weighted by Crippen LogP contribution is 2.30. The van der Waals surface area contributed by atoms with E-state index in [2.05, 4.69) is 26.1 Å². The summed E-state index contributed by atoms with van der Waals surface area (Å²) in [7, 11) is 0. The van der Waals surface area contributed by atoms with Crippen LogP contribution in [0.2, 0.25) is 0 Å². The molecule has 0 atom stereocenters. The van der Waals surface area contributed by atoms with Gasteiger partial charge in [0.05, 0.1) is 6.20 Å². The normalized spacial score (nSPS) is 10.6. The van der Waals surface area contributed by atoms with Crippen LogP contribution in [0.4, 0.5) is 0 Å². The summed E-state index contributed by atoms with van der Waals surface area (Å²) in [6.07, 6.45) is 1.73. The first-order valence-electron chi connectivity index (χ1n) is 5.88. The number of benzene rings is 2. The molecule has 0 radical (unpaired) electrons. The largest absolute Gasteiger partial charge is 0.437 e. The van der Waals surface area contributed by atoms with Gasteiger partial charge in [0.25, 0.3) is 0 Å². The minimum absolute atomic E-state index is 0.531. The van der Waals surface area contributed by atoms with Crippen molar-refractivity contribution < 1.29 is 4.74 Å². The molecule has 1 heterocycles. The monoisotopic (exact) mass is 314 g/mol. The Morgan fingerprint density at radius 1 is 1.11 bits per heavy atom. The fourth-order valence-electron chi connectivity index (χ4n) is 1.91. The fraction of sp³-hybridized carbons (Fsp3) is 0.0667. The van der Waals surface area contributed by atoms with Crippen LogP contribution in [-0.2, 0) is 0 Å². The number of fused-ring (bicyclic) bond motifs is 1. The lowest BCUT2D eigenvalue weighted by molar-refractivity contribution is 0.458. The molecule has 0 aliphatic carbocycles. The summed E-state index contributed by atoms with van der Waals surface area (Å²) in [4.78, 5) is 0. The van der Waals surface area contributed by atoms with E-state index in [-0.39, 0.29) is 0 Å². The molecule has 0 unspecified atom stereocenters. The highest BCUT2D eigenvalue weighted by molar-refractivity contribution is 9.10. The van der Waals surface area contributed by atoms with Gasteiger partial charge in [0.2, 0.25) is 5.88 Å². The quantitative estimate of drug-likeness (QED) is 0.699. The van der Waals surface area contributed by atoms with Crippen molar-refractivity contribution in [3.8, 4) is 11.6 Å². The highest BCUT2D eigenvalue weighted by atomic mass is 79.9. The summed E-state index contributed by atoms with van der Waals surface area (Å²) in [6.45, 7) is 2.00. The lowest BCUT2D eigenvalue weighted by Gasteiger charge is -2.09. The van der Waals surface area contributed by atoms with Crippen molar-refractivity contribution in [1.82, 2.24) is 10.2 Å². The van der Waals surface area contributed by atoms with Crippen molar-refractivity contribution in [2.45, 2.75) is 6.92 Å². The number of aryl methyl sites for hydroxylation is 1. The Hall–Kier alpha value is -1.94. The SMILES string of the molecule is Cc1cc(Br)ccc1Oc1nncc2ccccc12. The lowest BCUT2D eigenvalue weighted by Crippen LogP contribution is -1.93. The standard InChI is InChI=1S/C15H11BrN2O/c1-10-8-12(16)6-7-14(10)19-15-13-5-3-2-4-11(13)9-17-18-15/h2-9H,1H3. The second kappa shape index (κ2) is 4.97. The molecular weight excluding hydrogens is 304 g/mol. The number of halogens is 1. The highest BCUT2D eigenvalue weighted by Gasteiger charge is 2.07. The third-order valence-electron chi connectivity index (χ3n) is 2.88. The molecule has 3 aromatic rings. The number of nitrogens with zero attached hydrogens (tertiary/aromatic N) is 2.